The lowest BCUT2D eigenvalue weighted by Crippen LogP contribution is -2.64. The van der Waals surface area contributed by atoms with Gasteiger partial charge in [-0.25, -0.2) is 0 Å². The number of nitrogens with zero attached hydrogens (tertiary/aromatic N) is 1. The topological polar surface area (TPSA) is 15.3 Å². The fourth-order valence-electron chi connectivity index (χ4n) is 6.77. The van der Waals surface area contributed by atoms with Gasteiger partial charge in [0.15, 0.2) is 0 Å². The largest absolute Gasteiger partial charge is 0.314 e. The van der Waals surface area contributed by atoms with Crippen LogP contribution in [0, 0.1) is 17.8 Å². The molecule has 0 aromatic rings. The average molecular weight is 276 g/mol. The highest BCUT2D eigenvalue weighted by atomic mass is 15.2. The van der Waals surface area contributed by atoms with Crippen molar-refractivity contribution in [1.82, 2.24) is 10.2 Å². The summed E-state index contributed by atoms with van der Waals surface area (Å²) >= 11 is 0. The maximum absolute atomic E-state index is 3.68. The average Bonchev–Trinajstić information content (AvgIpc) is 2.37. The minimum Gasteiger partial charge on any atom is -0.314 e. The highest BCUT2D eigenvalue weighted by Crippen LogP contribution is 2.58. The molecule has 0 aromatic heterocycles. The number of nitrogens with one attached hydrogen (secondary N) is 1. The summed E-state index contributed by atoms with van der Waals surface area (Å²) in [6.07, 6.45) is 12.1. The Hall–Kier alpha value is -0.0800. The summed E-state index contributed by atoms with van der Waals surface area (Å²) in [6, 6.07) is 1.57. The summed E-state index contributed by atoms with van der Waals surface area (Å²) in [5, 5.41) is 3.68. The minimum absolute atomic E-state index is 0.630. The second-order valence-corrected chi connectivity index (χ2v) is 8.46. The van der Waals surface area contributed by atoms with Gasteiger partial charge in [0.05, 0.1) is 0 Å². The minimum atomic E-state index is 0.630. The maximum atomic E-state index is 3.68. The molecule has 4 bridgehead atoms. The summed E-state index contributed by atoms with van der Waals surface area (Å²) in [5.74, 6) is 3.25. The predicted octanol–water partition coefficient (Wildman–Crippen LogP) is 3.42. The smallest absolute Gasteiger partial charge is 0.0220 e. The molecule has 0 spiro atoms. The third kappa shape index (κ3) is 2.14. The van der Waals surface area contributed by atoms with Gasteiger partial charge in [-0.15, -0.1) is 0 Å². The van der Waals surface area contributed by atoms with Crippen molar-refractivity contribution in [3.8, 4) is 0 Å². The molecule has 0 radical (unpaired) electrons. The molecule has 2 atom stereocenters. The van der Waals surface area contributed by atoms with Gasteiger partial charge in [0, 0.05) is 24.2 Å². The van der Waals surface area contributed by atoms with Gasteiger partial charge >= 0.3 is 0 Å². The summed E-state index contributed by atoms with van der Waals surface area (Å²) in [6.45, 7) is 7.23. The molecule has 0 amide bonds. The summed E-state index contributed by atoms with van der Waals surface area (Å²) in [7, 11) is 0. The second kappa shape index (κ2) is 4.98. The molecule has 2 nitrogen and oxygen atoms in total. The second-order valence-electron chi connectivity index (χ2n) is 8.46. The van der Waals surface area contributed by atoms with Gasteiger partial charge in [-0.1, -0.05) is 6.92 Å². The van der Waals surface area contributed by atoms with Gasteiger partial charge < -0.3 is 5.32 Å². The number of piperidine rings is 1. The van der Waals surface area contributed by atoms with Crippen LogP contribution in [0.4, 0.5) is 0 Å². The molecule has 2 unspecified atom stereocenters. The van der Waals surface area contributed by atoms with E-state index in [0.717, 1.165) is 36.4 Å². The van der Waals surface area contributed by atoms with E-state index >= 15 is 0 Å². The van der Waals surface area contributed by atoms with Gasteiger partial charge in [-0.3, -0.25) is 4.90 Å². The van der Waals surface area contributed by atoms with E-state index in [-0.39, 0.29) is 0 Å². The van der Waals surface area contributed by atoms with Crippen LogP contribution in [-0.4, -0.2) is 35.6 Å². The van der Waals surface area contributed by atoms with Crippen molar-refractivity contribution >= 4 is 0 Å². The first-order valence-corrected chi connectivity index (χ1v) is 9.18. The van der Waals surface area contributed by atoms with Crippen LogP contribution in [0.15, 0.2) is 0 Å². The third-order valence-corrected chi connectivity index (χ3v) is 6.98. The third-order valence-electron chi connectivity index (χ3n) is 6.98. The fourth-order valence-corrected chi connectivity index (χ4v) is 6.77. The molecular formula is C18H32N2. The SMILES string of the molecule is CCNC1CCN(C23CC4CC(CC(C4)C2)C3)C(C)C1. The zero-order valence-electron chi connectivity index (χ0n) is 13.4. The Bertz CT molecular complexity index is 329. The molecule has 5 fully saturated rings. The van der Waals surface area contributed by atoms with Crippen molar-refractivity contribution in [3.63, 3.8) is 0 Å². The zero-order valence-corrected chi connectivity index (χ0v) is 13.4. The Morgan fingerprint density at radius 2 is 1.60 bits per heavy atom. The first-order valence-electron chi connectivity index (χ1n) is 9.18. The predicted molar refractivity (Wildman–Crippen MR) is 83.8 cm³/mol. The number of hydrogen-bond acceptors (Lipinski definition) is 2. The molecule has 5 rings (SSSR count). The highest BCUT2D eigenvalue weighted by molar-refractivity contribution is 5.09. The van der Waals surface area contributed by atoms with Gasteiger partial charge in [-0.2, -0.15) is 0 Å². The molecule has 4 aliphatic carbocycles. The van der Waals surface area contributed by atoms with Crippen LogP contribution in [0.25, 0.3) is 0 Å². The first-order chi connectivity index (χ1) is 9.68. The maximum Gasteiger partial charge on any atom is 0.0220 e. The lowest BCUT2D eigenvalue weighted by atomic mass is 9.52. The van der Waals surface area contributed by atoms with Gasteiger partial charge in [0.1, 0.15) is 0 Å². The Morgan fingerprint density at radius 3 is 2.10 bits per heavy atom. The van der Waals surface area contributed by atoms with Crippen LogP contribution in [0.5, 0.6) is 0 Å². The lowest BCUT2D eigenvalue weighted by molar-refractivity contribution is -0.112. The quantitative estimate of drug-likeness (QED) is 0.850. The van der Waals surface area contributed by atoms with E-state index in [1.807, 2.05) is 0 Å². The van der Waals surface area contributed by atoms with Crippen LogP contribution >= 0.6 is 0 Å². The number of hydrogen-bond donors (Lipinski definition) is 1. The Balaban J connectivity index is 1.50. The molecule has 114 valence electrons. The van der Waals surface area contributed by atoms with Gasteiger partial charge in [0.2, 0.25) is 0 Å². The molecule has 0 aromatic carbocycles. The number of rotatable bonds is 3. The Kier molecular flexibility index (Phi) is 3.38. The molecule has 20 heavy (non-hydrogen) atoms. The van der Waals surface area contributed by atoms with E-state index in [9.17, 15) is 0 Å². The van der Waals surface area contributed by atoms with E-state index in [4.69, 9.17) is 0 Å². The van der Waals surface area contributed by atoms with Crippen molar-refractivity contribution in [2.24, 2.45) is 17.8 Å². The summed E-state index contributed by atoms with van der Waals surface area (Å²) in [4.78, 5) is 2.98. The van der Waals surface area contributed by atoms with Crippen LogP contribution in [-0.2, 0) is 0 Å². The van der Waals surface area contributed by atoms with E-state index in [1.165, 1.54) is 38.6 Å². The van der Waals surface area contributed by atoms with Crippen molar-refractivity contribution in [2.45, 2.75) is 82.8 Å². The lowest BCUT2D eigenvalue weighted by Gasteiger charge is -2.63. The normalized spacial score (nSPS) is 51.6. The van der Waals surface area contributed by atoms with Crippen LogP contribution < -0.4 is 5.32 Å². The molecule has 2 heteroatoms. The van der Waals surface area contributed by atoms with E-state index < -0.39 is 0 Å². The van der Waals surface area contributed by atoms with Crippen molar-refractivity contribution in [2.75, 3.05) is 13.1 Å². The molecular weight excluding hydrogens is 244 g/mol. The molecule has 4 saturated carbocycles. The van der Waals surface area contributed by atoms with Crippen LogP contribution in [0.1, 0.15) is 65.2 Å². The summed E-state index contributed by atoms with van der Waals surface area (Å²) < 4.78 is 0. The summed E-state index contributed by atoms with van der Waals surface area (Å²) in [5.41, 5.74) is 0.630. The van der Waals surface area contributed by atoms with Gasteiger partial charge in [-0.05, 0) is 82.6 Å². The van der Waals surface area contributed by atoms with Gasteiger partial charge in [0.25, 0.3) is 0 Å². The monoisotopic (exact) mass is 276 g/mol. The van der Waals surface area contributed by atoms with Crippen molar-refractivity contribution in [1.29, 1.82) is 0 Å². The zero-order chi connectivity index (χ0) is 13.7. The fraction of sp³-hybridized carbons (Fsp3) is 1.00. The van der Waals surface area contributed by atoms with E-state index in [0.29, 0.717) is 5.54 Å². The van der Waals surface area contributed by atoms with E-state index in [1.54, 1.807) is 19.3 Å². The van der Waals surface area contributed by atoms with Crippen molar-refractivity contribution in [3.05, 3.63) is 0 Å². The number of likely N-dealkylation sites (tertiary alicyclic amines) is 1. The first kappa shape index (κ1) is 13.6. The molecule has 1 saturated heterocycles. The van der Waals surface area contributed by atoms with Crippen LogP contribution in [0.2, 0.25) is 0 Å². The van der Waals surface area contributed by atoms with E-state index in [2.05, 4.69) is 24.1 Å². The van der Waals surface area contributed by atoms with Crippen LogP contribution in [0.3, 0.4) is 0 Å². The standard InChI is InChI=1S/C18H32N2/c1-3-19-17-4-5-20(13(2)6-17)18-10-14-7-15(11-18)9-16(8-14)12-18/h13-17,19H,3-12H2,1-2H3. The van der Waals surface area contributed by atoms with Crippen molar-refractivity contribution < 1.29 is 0 Å². The Morgan fingerprint density at radius 1 is 1.00 bits per heavy atom. The molecule has 5 aliphatic rings. The molecule has 1 aliphatic heterocycles. The Labute approximate surface area is 124 Å². The molecule has 1 heterocycles. The molecule has 1 N–H and O–H groups in total. The highest BCUT2D eigenvalue weighted by Gasteiger charge is 2.54.